The Morgan fingerprint density at radius 3 is 2.62 bits per heavy atom. The zero-order valence-electron chi connectivity index (χ0n) is 14.6. The lowest BCUT2D eigenvalue weighted by atomic mass is 10.1. The molecule has 0 saturated heterocycles. The molecule has 138 valence electrons. The van der Waals surface area contributed by atoms with Crippen molar-refractivity contribution in [1.29, 1.82) is 0 Å². The van der Waals surface area contributed by atoms with Crippen LogP contribution in [0.4, 0.5) is 4.79 Å². The maximum atomic E-state index is 12.2. The van der Waals surface area contributed by atoms with Gasteiger partial charge in [-0.3, -0.25) is 0 Å². The minimum Gasteiger partial charge on any atom is -0.476 e. The molecule has 0 fully saturated rings. The molecule has 0 saturated carbocycles. The number of carbonyl (C=O) groups excluding carboxylic acids is 1. The van der Waals surface area contributed by atoms with E-state index in [4.69, 9.17) is 4.74 Å². The third-order valence-electron chi connectivity index (χ3n) is 4.13. The molecule has 0 aliphatic carbocycles. The van der Waals surface area contributed by atoms with Gasteiger partial charge in [0.05, 0.1) is 24.5 Å². The third kappa shape index (κ3) is 3.75. The summed E-state index contributed by atoms with van der Waals surface area (Å²) < 4.78 is 7.86. The van der Waals surface area contributed by atoms with Crippen molar-refractivity contribution in [2.45, 2.75) is 26.8 Å². The van der Waals surface area contributed by atoms with E-state index in [1.807, 2.05) is 38.1 Å². The fraction of sp³-hybridized carbons (Fsp3) is 0.389. The summed E-state index contributed by atoms with van der Waals surface area (Å²) >= 11 is 3.39. The minimum absolute atomic E-state index is 0.0238. The molecule has 8 heteroatoms. The Morgan fingerprint density at radius 2 is 2.00 bits per heavy atom. The zero-order valence-corrected chi connectivity index (χ0v) is 16.2. The molecule has 26 heavy (non-hydrogen) atoms. The van der Waals surface area contributed by atoms with Crippen molar-refractivity contribution >= 4 is 28.0 Å². The average Bonchev–Trinajstić information content (AvgIpc) is 2.99. The van der Waals surface area contributed by atoms with Crippen LogP contribution in [0.15, 0.2) is 28.7 Å². The van der Waals surface area contributed by atoms with Crippen LogP contribution in [0, 0.1) is 5.92 Å². The number of hydrogen-bond acceptors (Lipinski definition) is 4. The number of ether oxygens (including phenoxy) is 1. The number of carbonyl (C=O) groups is 2. The smallest absolute Gasteiger partial charge is 0.410 e. The van der Waals surface area contributed by atoms with Gasteiger partial charge in [-0.2, -0.15) is 5.10 Å². The highest BCUT2D eigenvalue weighted by atomic mass is 79.9. The van der Waals surface area contributed by atoms with E-state index in [9.17, 15) is 14.7 Å². The number of rotatable bonds is 4. The Kier molecular flexibility index (Phi) is 5.31. The Hall–Kier alpha value is -2.35. The molecule has 1 aromatic carbocycles. The number of amides is 1. The minimum atomic E-state index is -1.10. The van der Waals surface area contributed by atoms with Crippen LogP contribution in [-0.4, -0.2) is 45.0 Å². The van der Waals surface area contributed by atoms with E-state index in [0.717, 1.165) is 15.9 Å². The lowest BCUT2D eigenvalue weighted by molar-refractivity contribution is 0.0682. The molecule has 0 radical (unpaired) electrons. The van der Waals surface area contributed by atoms with Gasteiger partial charge in [-0.1, -0.05) is 29.8 Å². The summed E-state index contributed by atoms with van der Waals surface area (Å²) in [5.41, 5.74) is 2.14. The quantitative estimate of drug-likeness (QED) is 0.816. The molecule has 1 N–H and O–H groups in total. The monoisotopic (exact) mass is 421 g/mol. The molecule has 1 aliphatic rings. The topological polar surface area (TPSA) is 84.7 Å². The predicted molar refractivity (Wildman–Crippen MR) is 98.5 cm³/mol. The van der Waals surface area contributed by atoms with Gasteiger partial charge < -0.3 is 14.7 Å². The molecular formula is C18H20BrN3O4. The predicted octanol–water partition coefficient (Wildman–Crippen LogP) is 3.48. The molecule has 0 unspecified atom stereocenters. The van der Waals surface area contributed by atoms with E-state index in [1.165, 1.54) is 4.90 Å². The number of nitrogens with zero attached hydrogens (tertiary/aromatic N) is 3. The van der Waals surface area contributed by atoms with Gasteiger partial charge >= 0.3 is 12.1 Å². The Bertz CT molecular complexity index is 830. The summed E-state index contributed by atoms with van der Waals surface area (Å²) in [5.74, 6) is -0.858. The van der Waals surface area contributed by atoms with Crippen LogP contribution in [-0.2, 0) is 17.7 Å². The largest absolute Gasteiger partial charge is 0.476 e. The molecular weight excluding hydrogens is 402 g/mol. The number of hydrogen-bond donors (Lipinski definition) is 1. The van der Waals surface area contributed by atoms with Crippen LogP contribution in [0.5, 0.6) is 0 Å². The Labute approximate surface area is 159 Å². The molecule has 7 nitrogen and oxygen atoms in total. The summed E-state index contributed by atoms with van der Waals surface area (Å²) in [6, 6.07) is 7.49. The van der Waals surface area contributed by atoms with E-state index < -0.39 is 12.1 Å². The number of carboxylic acid groups (broad SMARTS) is 1. The normalized spacial score (nSPS) is 13.6. The van der Waals surface area contributed by atoms with Crippen molar-refractivity contribution in [3.05, 3.63) is 45.7 Å². The fourth-order valence-electron chi connectivity index (χ4n) is 2.87. The third-order valence-corrected chi connectivity index (χ3v) is 4.66. The van der Waals surface area contributed by atoms with Crippen LogP contribution in [0.25, 0.3) is 5.69 Å². The second-order valence-corrected chi connectivity index (χ2v) is 7.53. The van der Waals surface area contributed by atoms with E-state index in [0.29, 0.717) is 25.1 Å². The highest BCUT2D eigenvalue weighted by Crippen LogP contribution is 2.26. The van der Waals surface area contributed by atoms with Gasteiger partial charge in [0, 0.05) is 23.0 Å². The first-order valence-corrected chi connectivity index (χ1v) is 9.17. The Morgan fingerprint density at radius 1 is 1.31 bits per heavy atom. The van der Waals surface area contributed by atoms with E-state index >= 15 is 0 Å². The molecule has 0 bridgehead atoms. The first-order valence-electron chi connectivity index (χ1n) is 8.38. The molecule has 0 atom stereocenters. The van der Waals surface area contributed by atoms with Crippen molar-refractivity contribution in [3.8, 4) is 5.69 Å². The summed E-state index contributed by atoms with van der Waals surface area (Å²) in [4.78, 5) is 25.4. The van der Waals surface area contributed by atoms with Gasteiger partial charge in [0.2, 0.25) is 0 Å². The zero-order chi connectivity index (χ0) is 18.8. The SMILES string of the molecule is CC(C)COC(=O)N1CCc2c(c(C(=O)O)nn2-c2ccc(Br)cc2)C1. The van der Waals surface area contributed by atoms with E-state index in [1.54, 1.807) is 4.68 Å². The molecule has 3 rings (SSSR count). The molecule has 1 aromatic heterocycles. The van der Waals surface area contributed by atoms with E-state index in [-0.39, 0.29) is 18.2 Å². The summed E-state index contributed by atoms with van der Waals surface area (Å²) in [6.07, 6.45) is 0.0970. The second kappa shape index (κ2) is 7.49. The molecule has 1 aliphatic heterocycles. The van der Waals surface area contributed by atoms with Crippen LogP contribution in [0.2, 0.25) is 0 Å². The van der Waals surface area contributed by atoms with Crippen LogP contribution < -0.4 is 0 Å². The number of aromatic nitrogens is 2. The second-order valence-electron chi connectivity index (χ2n) is 6.61. The first kappa shape index (κ1) is 18.4. The van der Waals surface area contributed by atoms with Crippen molar-refractivity contribution < 1.29 is 19.4 Å². The van der Waals surface area contributed by atoms with Gasteiger partial charge in [0.15, 0.2) is 5.69 Å². The maximum absolute atomic E-state index is 12.2. The summed E-state index contributed by atoms with van der Waals surface area (Å²) in [6.45, 7) is 4.92. The number of benzene rings is 1. The van der Waals surface area contributed by atoms with Gasteiger partial charge in [0.25, 0.3) is 0 Å². The fourth-order valence-corrected chi connectivity index (χ4v) is 3.14. The van der Waals surface area contributed by atoms with Crippen molar-refractivity contribution in [1.82, 2.24) is 14.7 Å². The number of halogens is 1. The van der Waals surface area contributed by atoms with Gasteiger partial charge in [0.1, 0.15) is 0 Å². The lowest BCUT2D eigenvalue weighted by Gasteiger charge is -2.27. The van der Waals surface area contributed by atoms with Crippen molar-refractivity contribution in [2.24, 2.45) is 5.92 Å². The molecule has 2 aromatic rings. The van der Waals surface area contributed by atoms with Crippen molar-refractivity contribution in [3.63, 3.8) is 0 Å². The first-order chi connectivity index (χ1) is 12.4. The molecule has 0 spiro atoms. The summed E-state index contributed by atoms with van der Waals surface area (Å²) in [5, 5.41) is 13.8. The highest BCUT2D eigenvalue weighted by molar-refractivity contribution is 9.10. The van der Waals surface area contributed by atoms with E-state index in [2.05, 4.69) is 21.0 Å². The maximum Gasteiger partial charge on any atom is 0.410 e. The number of fused-ring (bicyclic) bond motifs is 1. The molecule has 1 amide bonds. The van der Waals surface area contributed by atoms with Gasteiger partial charge in [-0.15, -0.1) is 0 Å². The van der Waals surface area contributed by atoms with Crippen LogP contribution in [0.3, 0.4) is 0 Å². The van der Waals surface area contributed by atoms with Crippen LogP contribution >= 0.6 is 15.9 Å². The highest BCUT2D eigenvalue weighted by Gasteiger charge is 2.31. The average molecular weight is 422 g/mol. The summed E-state index contributed by atoms with van der Waals surface area (Å²) in [7, 11) is 0. The van der Waals surface area contributed by atoms with Gasteiger partial charge in [-0.05, 0) is 30.2 Å². The van der Waals surface area contributed by atoms with Crippen LogP contribution in [0.1, 0.15) is 35.6 Å². The lowest BCUT2D eigenvalue weighted by Crippen LogP contribution is -2.37. The van der Waals surface area contributed by atoms with Gasteiger partial charge in [-0.25, -0.2) is 14.3 Å². The Balaban J connectivity index is 1.91. The molecule has 2 heterocycles. The number of carboxylic acids is 1. The number of aromatic carboxylic acids is 1. The standard InChI is InChI=1S/C18H20BrN3O4/c1-11(2)10-26-18(25)21-8-7-15-14(9-21)16(17(23)24)20-22(15)13-5-3-12(19)4-6-13/h3-6,11H,7-10H2,1-2H3,(H,23,24). The van der Waals surface area contributed by atoms with Crippen molar-refractivity contribution in [2.75, 3.05) is 13.2 Å².